The first-order valence-corrected chi connectivity index (χ1v) is 7.89. The van der Waals surface area contributed by atoms with Crippen LogP contribution in [0.4, 0.5) is 5.82 Å². The van der Waals surface area contributed by atoms with Crippen molar-refractivity contribution < 1.29 is 4.79 Å². The van der Waals surface area contributed by atoms with Crippen molar-refractivity contribution in [3.8, 4) is 0 Å². The molecule has 1 aliphatic heterocycles. The first-order chi connectivity index (χ1) is 11.5. The molecule has 0 atom stereocenters. The van der Waals surface area contributed by atoms with Crippen molar-refractivity contribution in [1.29, 1.82) is 0 Å². The maximum Gasteiger partial charge on any atom is 0.272 e. The van der Waals surface area contributed by atoms with Gasteiger partial charge in [0.25, 0.3) is 5.91 Å². The zero-order valence-corrected chi connectivity index (χ0v) is 13.9. The minimum absolute atomic E-state index is 0.111. The number of aromatic nitrogens is 5. The second-order valence-corrected chi connectivity index (χ2v) is 6.26. The monoisotopic (exact) mass is 325 g/mol. The third kappa shape index (κ3) is 2.49. The van der Waals surface area contributed by atoms with E-state index in [1.165, 1.54) is 0 Å². The molecule has 3 aromatic rings. The van der Waals surface area contributed by atoms with Crippen LogP contribution in [0, 0.1) is 13.8 Å². The van der Waals surface area contributed by atoms with Crippen LogP contribution in [0.25, 0.3) is 5.65 Å². The number of carbonyl (C=O) groups is 1. The van der Waals surface area contributed by atoms with Crippen LogP contribution in [0.3, 0.4) is 0 Å². The molecule has 0 unspecified atom stereocenters. The number of carbonyl (C=O) groups excluding carboxylic acids is 1. The first-order valence-electron chi connectivity index (χ1n) is 7.89. The van der Waals surface area contributed by atoms with Crippen LogP contribution in [0.2, 0.25) is 0 Å². The zero-order chi connectivity index (χ0) is 16.8. The van der Waals surface area contributed by atoms with E-state index in [1.807, 2.05) is 30.5 Å². The summed E-state index contributed by atoms with van der Waals surface area (Å²) in [5.41, 5.74) is 3.19. The summed E-state index contributed by atoms with van der Waals surface area (Å²) in [6.07, 6.45) is 1.76. The van der Waals surface area contributed by atoms with Gasteiger partial charge in [0.15, 0.2) is 5.65 Å². The predicted octanol–water partition coefficient (Wildman–Crippen LogP) is 0.698. The molecule has 0 aromatic carbocycles. The lowest BCUT2D eigenvalue weighted by Gasteiger charge is -2.40. The Kier molecular flexibility index (Phi) is 3.26. The van der Waals surface area contributed by atoms with Gasteiger partial charge < -0.3 is 10.2 Å². The summed E-state index contributed by atoms with van der Waals surface area (Å²) in [6, 6.07) is 5.82. The van der Waals surface area contributed by atoms with Crippen LogP contribution in [-0.2, 0) is 7.05 Å². The van der Waals surface area contributed by atoms with Crippen molar-refractivity contribution in [2.24, 2.45) is 7.05 Å². The van der Waals surface area contributed by atoms with E-state index in [2.05, 4.69) is 25.4 Å². The Bertz CT molecular complexity index is 920. The highest BCUT2D eigenvalue weighted by Gasteiger charge is 2.30. The Morgan fingerprint density at radius 1 is 1.21 bits per heavy atom. The molecule has 124 valence electrons. The summed E-state index contributed by atoms with van der Waals surface area (Å²) < 4.78 is 3.48. The summed E-state index contributed by atoms with van der Waals surface area (Å²) in [5.74, 6) is 0.875. The quantitative estimate of drug-likeness (QED) is 0.767. The largest absolute Gasteiger partial charge is 0.352 e. The SMILES string of the molecule is Cc1cc(N2CC(NC(=O)c3ccn(C)n3)C2)n2nc(C)cc2n1. The molecule has 1 fully saturated rings. The van der Waals surface area contributed by atoms with Gasteiger partial charge in [0.2, 0.25) is 0 Å². The summed E-state index contributed by atoms with van der Waals surface area (Å²) in [4.78, 5) is 18.8. The van der Waals surface area contributed by atoms with E-state index in [0.717, 1.165) is 35.9 Å². The molecule has 0 spiro atoms. The normalized spacial score (nSPS) is 14.9. The predicted molar refractivity (Wildman–Crippen MR) is 89.1 cm³/mol. The van der Waals surface area contributed by atoms with Crippen molar-refractivity contribution in [2.45, 2.75) is 19.9 Å². The highest BCUT2D eigenvalue weighted by atomic mass is 16.2. The summed E-state index contributed by atoms with van der Waals surface area (Å²) in [7, 11) is 1.80. The number of hydrogen-bond donors (Lipinski definition) is 1. The number of anilines is 1. The van der Waals surface area contributed by atoms with Crippen LogP contribution in [0.1, 0.15) is 21.9 Å². The van der Waals surface area contributed by atoms with Gasteiger partial charge in [-0.1, -0.05) is 0 Å². The second kappa shape index (κ2) is 5.33. The van der Waals surface area contributed by atoms with Crippen LogP contribution >= 0.6 is 0 Å². The van der Waals surface area contributed by atoms with E-state index in [4.69, 9.17) is 0 Å². The molecular formula is C16H19N7O. The summed E-state index contributed by atoms with van der Waals surface area (Å²) in [5, 5.41) is 11.6. The van der Waals surface area contributed by atoms with E-state index in [1.54, 1.807) is 24.0 Å². The molecule has 0 saturated carbocycles. The van der Waals surface area contributed by atoms with Gasteiger partial charge in [0, 0.05) is 44.2 Å². The van der Waals surface area contributed by atoms with E-state index in [9.17, 15) is 4.79 Å². The highest BCUT2D eigenvalue weighted by Crippen LogP contribution is 2.23. The third-order valence-electron chi connectivity index (χ3n) is 4.15. The van der Waals surface area contributed by atoms with E-state index >= 15 is 0 Å². The minimum Gasteiger partial charge on any atom is -0.352 e. The average Bonchev–Trinajstić information content (AvgIpc) is 3.06. The Morgan fingerprint density at radius 3 is 2.71 bits per heavy atom. The zero-order valence-electron chi connectivity index (χ0n) is 13.9. The molecule has 1 aliphatic rings. The Morgan fingerprint density at radius 2 is 2.00 bits per heavy atom. The Balaban J connectivity index is 1.47. The Hall–Kier alpha value is -2.90. The van der Waals surface area contributed by atoms with Crippen molar-refractivity contribution in [3.05, 3.63) is 41.5 Å². The van der Waals surface area contributed by atoms with Crippen LogP contribution in [-0.4, -0.2) is 49.4 Å². The number of nitrogens with one attached hydrogen (secondary N) is 1. The lowest BCUT2D eigenvalue weighted by molar-refractivity contribution is 0.0924. The molecule has 8 nitrogen and oxygen atoms in total. The standard InChI is InChI=1S/C16H19N7O/c1-10-7-15(23-14(17-10)6-11(2)19-23)22-8-12(9-22)18-16(24)13-4-5-21(3)20-13/h4-7,12H,8-9H2,1-3H3,(H,18,24). The van der Waals surface area contributed by atoms with Gasteiger partial charge in [-0.25, -0.2) is 4.98 Å². The van der Waals surface area contributed by atoms with Gasteiger partial charge >= 0.3 is 0 Å². The average molecular weight is 325 g/mol. The molecule has 1 saturated heterocycles. The number of amides is 1. The highest BCUT2D eigenvalue weighted by molar-refractivity contribution is 5.92. The van der Waals surface area contributed by atoms with E-state index < -0.39 is 0 Å². The van der Waals surface area contributed by atoms with Gasteiger partial charge in [0.05, 0.1) is 11.7 Å². The molecule has 4 rings (SSSR count). The fourth-order valence-corrected chi connectivity index (χ4v) is 2.97. The van der Waals surface area contributed by atoms with Gasteiger partial charge in [-0.15, -0.1) is 0 Å². The Labute approximate surface area is 139 Å². The van der Waals surface area contributed by atoms with E-state index in [0.29, 0.717) is 5.69 Å². The number of hydrogen-bond acceptors (Lipinski definition) is 5. The molecule has 0 bridgehead atoms. The van der Waals surface area contributed by atoms with Crippen molar-refractivity contribution in [2.75, 3.05) is 18.0 Å². The summed E-state index contributed by atoms with van der Waals surface area (Å²) >= 11 is 0. The van der Waals surface area contributed by atoms with Crippen molar-refractivity contribution in [3.63, 3.8) is 0 Å². The molecule has 24 heavy (non-hydrogen) atoms. The second-order valence-electron chi connectivity index (χ2n) is 6.26. The maximum atomic E-state index is 12.1. The molecule has 0 radical (unpaired) electrons. The number of nitrogens with zero attached hydrogens (tertiary/aromatic N) is 6. The fraction of sp³-hybridized carbons (Fsp3) is 0.375. The molecule has 1 N–H and O–H groups in total. The smallest absolute Gasteiger partial charge is 0.272 e. The molecular weight excluding hydrogens is 306 g/mol. The lowest BCUT2D eigenvalue weighted by atomic mass is 10.1. The maximum absolute atomic E-state index is 12.1. The lowest BCUT2D eigenvalue weighted by Crippen LogP contribution is -2.60. The number of aryl methyl sites for hydroxylation is 3. The van der Waals surface area contributed by atoms with Crippen molar-refractivity contribution in [1.82, 2.24) is 29.7 Å². The molecule has 0 aliphatic carbocycles. The molecule has 1 amide bonds. The fourth-order valence-electron chi connectivity index (χ4n) is 2.97. The third-order valence-corrected chi connectivity index (χ3v) is 4.15. The van der Waals surface area contributed by atoms with Crippen LogP contribution in [0.15, 0.2) is 24.4 Å². The van der Waals surface area contributed by atoms with Crippen LogP contribution < -0.4 is 10.2 Å². The first kappa shape index (κ1) is 14.7. The minimum atomic E-state index is -0.133. The number of fused-ring (bicyclic) bond motifs is 1. The van der Waals surface area contributed by atoms with Gasteiger partial charge in [0.1, 0.15) is 11.5 Å². The molecule has 8 heteroatoms. The molecule has 3 aromatic heterocycles. The van der Waals surface area contributed by atoms with Gasteiger partial charge in [-0.2, -0.15) is 14.7 Å². The van der Waals surface area contributed by atoms with Crippen LogP contribution in [0.5, 0.6) is 0 Å². The van der Waals surface area contributed by atoms with E-state index in [-0.39, 0.29) is 11.9 Å². The van der Waals surface area contributed by atoms with Crippen molar-refractivity contribution >= 4 is 17.4 Å². The topological polar surface area (TPSA) is 80.4 Å². The van der Waals surface area contributed by atoms with Gasteiger partial charge in [-0.3, -0.25) is 9.48 Å². The molecule has 4 heterocycles. The van der Waals surface area contributed by atoms with Gasteiger partial charge in [-0.05, 0) is 19.9 Å². The summed E-state index contributed by atoms with van der Waals surface area (Å²) in [6.45, 7) is 5.43. The number of rotatable bonds is 3.